The first kappa shape index (κ1) is 10.9. The van der Waals surface area contributed by atoms with Crippen LogP contribution < -0.4 is 0 Å². The summed E-state index contributed by atoms with van der Waals surface area (Å²) in [6.45, 7) is 0. The van der Waals surface area contributed by atoms with Crippen molar-refractivity contribution in [3.8, 4) is 10.4 Å². The molecule has 0 N–H and O–H groups in total. The molecular weight excluding hydrogens is 280 g/mol. The summed E-state index contributed by atoms with van der Waals surface area (Å²) in [7, 11) is 0. The van der Waals surface area contributed by atoms with Crippen molar-refractivity contribution in [3.05, 3.63) is 46.9 Å². The fourth-order valence-corrected chi connectivity index (χ4v) is 2.97. The van der Waals surface area contributed by atoms with E-state index in [4.69, 9.17) is 11.6 Å². The standard InChI is InChI=1S/C13H7ClN4S/c14-8-3-4-10-11(6-8)18-13(17-16-10)9(7-15-18)12-2-1-5-19-12/h1-7H. The molecule has 0 amide bonds. The number of benzene rings is 1. The molecule has 0 saturated carbocycles. The monoisotopic (exact) mass is 286 g/mol. The number of aromatic nitrogens is 4. The van der Waals surface area contributed by atoms with Gasteiger partial charge in [0.05, 0.1) is 17.3 Å². The molecule has 0 bridgehead atoms. The van der Waals surface area contributed by atoms with Crippen LogP contribution in [0.5, 0.6) is 0 Å². The van der Waals surface area contributed by atoms with Gasteiger partial charge in [-0.2, -0.15) is 5.10 Å². The maximum absolute atomic E-state index is 6.04. The highest BCUT2D eigenvalue weighted by atomic mass is 35.5. The zero-order valence-electron chi connectivity index (χ0n) is 9.62. The third-order valence-corrected chi connectivity index (χ3v) is 4.09. The Labute approximate surface area is 117 Å². The average molecular weight is 287 g/mol. The second-order valence-electron chi connectivity index (χ2n) is 4.10. The maximum atomic E-state index is 6.04. The van der Waals surface area contributed by atoms with Crippen LogP contribution in [-0.4, -0.2) is 19.8 Å². The van der Waals surface area contributed by atoms with Crippen molar-refractivity contribution in [3.63, 3.8) is 0 Å². The molecule has 0 radical (unpaired) electrons. The topological polar surface area (TPSA) is 43.1 Å². The van der Waals surface area contributed by atoms with Gasteiger partial charge < -0.3 is 0 Å². The van der Waals surface area contributed by atoms with Crippen LogP contribution in [0, 0.1) is 0 Å². The molecule has 92 valence electrons. The van der Waals surface area contributed by atoms with E-state index in [1.165, 1.54) is 0 Å². The normalized spacial score (nSPS) is 11.4. The molecule has 0 aliphatic rings. The van der Waals surface area contributed by atoms with Crippen LogP contribution in [0.4, 0.5) is 0 Å². The predicted octanol–water partition coefficient (Wildman–Crippen LogP) is 3.66. The summed E-state index contributed by atoms with van der Waals surface area (Å²) < 4.78 is 1.78. The van der Waals surface area contributed by atoms with Gasteiger partial charge in [0, 0.05) is 9.90 Å². The first-order valence-corrected chi connectivity index (χ1v) is 6.92. The number of nitrogens with zero attached hydrogens (tertiary/aromatic N) is 4. The lowest BCUT2D eigenvalue weighted by Gasteiger charge is -2.00. The Kier molecular flexibility index (Phi) is 2.30. The Morgan fingerprint density at radius 1 is 1.16 bits per heavy atom. The van der Waals surface area contributed by atoms with Gasteiger partial charge in [0.15, 0.2) is 5.65 Å². The maximum Gasteiger partial charge on any atom is 0.186 e. The van der Waals surface area contributed by atoms with E-state index in [2.05, 4.69) is 15.3 Å². The molecule has 0 aliphatic carbocycles. The Morgan fingerprint density at radius 3 is 2.95 bits per heavy atom. The minimum Gasteiger partial charge on any atom is -0.211 e. The zero-order valence-corrected chi connectivity index (χ0v) is 11.2. The lowest BCUT2D eigenvalue weighted by Crippen LogP contribution is -1.96. The summed E-state index contributed by atoms with van der Waals surface area (Å²) >= 11 is 7.70. The van der Waals surface area contributed by atoms with E-state index < -0.39 is 0 Å². The fourth-order valence-electron chi connectivity index (χ4n) is 2.07. The van der Waals surface area contributed by atoms with Crippen LogP contribution in [0.2, 0.25) is 5.02 Å². The molecule has 0 fully saturated rings. The molecule has 3 aromatic heterocycles. The van der Waals surface area contributed by atoms with Crippen LogP contribution in [-0.2, 0) is 0 Å². The van der Waals surface area contributed by atoms with Gasteiger partial charge in [-0.1, -0.05) is 17.7 Å². The van der Waals surface area contributed by atoms with Crippen LogP contribution in [0.3, 0.4) is 0 Å². The first-order chi connectivity index (χ1) is 9.33. The van der Waals surface area contributed by atoms with E-state index in [0.717, 1.165) is 27.1 Å². The Balaban J connectivity index is 2.11. The summed E-state index contributed by atoms with van der Waals surface area (Å²) in [5.74, 6) is 0. The molecule has 6 heteroatoms. The highest BCUT2D eigenvalue weighted by Gasteiger charge is 2.12. The highest BCUT2D eigenvalue weighted by Crippen LogP contribution is 2.28. The van der Waals surface area contributed by atoms with Gasteiger partial charge in [-0.05, 0) is 29.6 Å². The van der Waals surface area contributed by atoms with E-state index in [1.807, 2.05) is 35.8 Å². The summed E-state index contributed by atoms with van der Waals surface area (Å²) in [5, 5.41) is 15.6. The van der Waals surface area contributed by atoms with Gasteiger partial charge in [-0.3, -0.25) is 0 Å². The van der Waals surface area contributed by atoms with Gasteiger partial charge in [0.1, 0.15) is 5.52 Å². The Hall–Kier alpha value is -1.98. The smallest absolute Gasteiger partial charge is 0.186 e. The number of thiophene rings is 1. The molecule has 4 aromatic rings. The third-order valence-electron chi connectivity index (χ3n) is 2.95. The molecule has 0 unspecified atom stereocenters. The molecule has 1 aromatic carbocycles. The van der Waals surface area contributed by atoms with Crippen LogP contribution in [0.25, 0.3) is 27.1 Å². The van der Waals surface area contributed by atoms with Crippen molar-refractivity contribution in [2.24, 2.45) is 0 Å². The lowest BCUT2D eigenvalue weighted by molar-refractivity contribution is 0.943. The Bertz CT molecular complexity index is 882. The molecular formula is C13H7ClN4S. The zero-order chi connectivity index (χ0) is 12.8. The van der Waals surface area contributed by atoms with Gasteiger partial charge in [-0.25, -0.2) is 4.52 Å². The van der Waals surface area contributed by atoms with Crippen molar-refractivity contribution in [2.45, 2.75) is 0 Å². The van der Waals surface area contributed by atoms with E-state index in [1.54, 1.807) is 21.9 Å². The largest absolute Gasteiger partial charge is 0.211 e. The van der Waals surface area contributed by atoms with E-state index in [0.29, 0.717) is 5.02 Å². The van der Waals surface area contributed by atoms with Crippen molar-refractivity contribution in [1.29, 1.82) is 0 Å². The van der Waals surface area contributed by atoms with Crippen molar-refractivity contribution in [2.75, 3.05) is 0 Å². The second kappa shape index (κ2) is 4.01. The molecule has 4 rings (SSSR count). The van der Waals surface area contributed by atoms with Crippen LogP contribution in [0.15, 0.2) is 41.9 Å². The SMILES string of the molecule is Clc1ccc2nnc3c(-c4cccs4)cnn3c2c1. The van der Waals surface area contributed by atoms with Crippen molar-refractivity contribution < 1.29 is 0 Å². The molecule has 0 aliphatic heterocycles. The molecule has 19 heavy (non-hydrogen) atoms. The summed E-state index contributed by atoms with van der Waals surface area (Å²) in [4.78, 5) is 1.13. The molecule has 0 spiro atoms. The molecule has 0 atom stereocenters. The van der Waals surface area contributed by atoms with E-state index >= 15 is 0 Å². The Morgan fingerprint density at radius 2 is 2.11 bits per heavy atom. The number of rotatable bonds is 1. The summed E-state index contributed by atoms with van der Waals surface area (Å²) in [6, 6.07) is 9.55. The summed E-state index contributed by atoms with van der Waals surface area (Å²) in [5.41, 5.74) is 3.37. The first-order valence-electron chi connectivity index (χ1n) is 5.66. The molecule has 0 saturated heterocycles. The quantitative estimate of drug-likeness (QED) is 0.536. The predicted molar refractivity (Wildman–Crippen MR) is 76.6 cm³/mol. The number of halogens is 1. The van der Waals surface area contributed by atoms with Gasteiger partial charge in [0.25, 0.3) is 0 Å². The van der Waals surface area contributed by atoms with Gasteiger partial charge in [0.2, 0.25) is 0 Å². The molecule has 4 nitrogen and oxygen atoms in total. The van der Waals surface area contributed by atoms with E-state index in [-0.39, 0.29) is 0 Å². The fraction of sp³-hybridized carbons (Fsp3) is 0. The van der Waals surface area contributed by atoms with Gasteiger partial charge >= 0.3 is 0 Å². The minimum atomic E-state index is 0.662. The average Bonchev–Trinajstić information content (AvgIpc) is 3.07. The van der Waals surface area contributed by atoms with Crippen LogP contribution in [0.1, 0.15) is 0 Å². The van der Waals surface area contributed by atoms with Crippen molar-refractivity contribution in [1.82, 2.24) is 19.8 Å². The lowest BCUT2D eigenvalue weighted by atomic mass is 10.3. The third kappa shape index (κ3) is 1.63. The summed E-state index contributed by atoms with van der Waals surface area (Å²) in [6.07, 6.45) is 1.82. The van der Waals surface area contributed by atoms with Gasteiger partial charge in [-0.15, -0.1) is 21.5 Å². The number of fused-ring (bicyclic) bond motifs is 3. The highest BCUT2D eigenvalue weighted by molar-refractivity contribution is 7.13. The van der Waals surface area contributed by atoms with Crippen LogP contribution >= 0.6 is 22.9 Å². The number of hydrogen-bond donors (Lipinski definition) is 0. The second-order valence-corrected chi connectivity index (χ2v) is 5.49. The minimum absolute atomic E-state index is 0.662. The van der Waals surface area contributed by atoms with Crippen molar-refractivity contribution >= 4 is 39.6 Å². The number of hydrogen-bond acceptors (Lipinski definition) is 4. The molecule has 3 heterocycles. The van der Waals surface area contributed by atoms with E-state index in [9.17, 15) is 0 Å².